The fourth-order valence-corrected chi connectivity index (χ4v) is 5.70. The summed E-state index contributed by atoms with van der Waals surface area (Å²) in [5.74, 6) is -0.566. The quantitative estimate of drug-likeness (QED) is 0.316. The van der Waals surface area contributed by atoms with Gasteiger partial charge in [-0.1, -0.05) is 48.0 Å². The topological polar surface area (TPSA) is 96.0 Å². The molecule has 0 saturated carbocycles. The number of benzene rings is 3. The first kappa shape index (κ1) is 31.0. The molecule has 3 rings (SSSR count). The molecule has 0 aliphatic rings. The second-order valence-corrected chi connectivity index (χ2v) is 12.0. The lowest BCUT2D eigenvalue weighted by atomic mass is 10.1. The summed E-state index contributed by atoms with van der Waals surface area (Å²) in [6.07, 6.45) is 0. The highest BCUT2D eigenvalue weighted by atomic mass is 35.5. The Morgan fingerprint density at radius 3 is 2.20 bits per heavy atom. The maximum atomic E-state index is 14.1. The highest BCUT2D eigenvalue weighted by Crippen LogP contribution is 2.33. The third-order valence-electron chi connectivity index (χ3n) is 6.31. The number of carbonyl (C=O) groups excluding carboxylic acids is 2. The Labute approximate surface area is 241 Å². The summed E-state index contributed by atoms with van der Waals surface area (Å²) in [6, 6.07) is 18.9. The SMILES string of the molecule is CCOc1ccccc1N(CC(=O)N(Cc1ccccc1C)[C@@H](C)C(=O)NC(C)C)S(=O)(=O)c1ccc(Cl)cc1. The molecule has 3 aromatic rings. The third kappa shape index (κ3) is 7.55. The summed E-state index contributed by atoms with van der Waals surface area (Å²) in [5, 5.41) is 3.23. The molecule has 0 aromatic heterocycles. The Kier molecular flexibility index (Phi) is 10.6. The van der Waals surface area contributed by atoms with Crippen molar-refractivity contribution in [2.45, 2.75) is 58.1 Å². The van der Waals surface area contributed by atoms with E-state index in [1.54, 1.807) is 38.1 Å². The average molecular weight is 586 g/mol. The number of ether oxygens (including phenoxy) is 1. The van der Waals surface area contributed by atoms with E-state index < -0.39 is 28.5 Å². The van der Waals surface area contributed by atoms with Gasteiger partial charge in [0, 0.05) is 17.6 Å². The van der Waals surface area contributed by atoms with Crippen LogP contribution in [0.2, 0.25) is 5.02 Å². The fraction of sp³-hybridized carbons (Fsp3) is 0.333. The van der Waals surface area contributed by atoms with Crippen molar-refractivity contribution in [2.75, 3.05) is 17.5 Å². The summed E-state index contributed by atoms with van der Waals surface area (Å²) in [6.45, 7) is 8.89. The fourth-order valence-electron chi connectivity index (χ4n) is 4.15. The van der Waals surface area contributed by atoms with Crippen LogP contribution in [0.25, 0.3) is 0 Å². The van der Waals surface area contributed by atoms with Crippen LogP contribution >= 0.6 is 11.6 Å². The van der Waals surface area contributed by atoms with Gasteiger partial charge < -0.3 is 15.0 Å². The Balaban J connectivity index is 2.09. The van der Waals surface area contributed by atoms with Crippen molar-refractivity contribution < 1.29 is 22.7 Å². The summed E-state index contributed by atoms with van der Waals surface area (Å²) < 4.78 is 34.8. The minimum Gasteiger partial charge on any atom is -0.492 e. The van der Waals surface area contributed by atoms with Crippen LogP contribution in [0.15, 0.2) is 77.7 Å². The molecule has 0 saturated heterocycles. The number of hydrogen-bond donors (Lipinski definition) is 1. The molecule has 0 fully saturated rings. The van der Waals surface area contributed by atoms with Crippen molar-refractivity contribution in [1.29, 1.82) is 0 Å². The standard InChI is InChI=1S/C30H36ClN3O5S/c1-6-39-28-14-10-9-13-27(28)34(40(37,38)26-17-15-25(31)16-18-26)20-29(35)33(23(5)30(36)32-21(2)3)19-24-12-8-7-11-22(24)4/h7-18,21,23H,6,19-20H2,1-5H3,(H,32,36)/t23-/m0/s1. The number of carbonyl (C=O) groups is 2. The summed E-state index contributed by atoms with van der Waals surface area (Å²) >= 11 is 6.01. The lowest BCUT2D eigenvalue weighted by Gasteiger charge is -2.33. The molecule has 0 unspecified atom stereocenters. The molecular weight excluding hydrogens is 550 g/mol. The van der Waals surface area contributed by atoms with E-state index in [2.05, 4.69) is 5.32 Å². The zero-order valence-electron chi connectivity index (χ0n) is 23.4. The molecule has 0 spiro atoms. The highest BCUT2D eigenvalue weighted by molar-refractivity contribution is 7.92. The molecule has 0 radical (unpaired) electrons. The maximum absolute atomic E-state index is 14.1. The van der Waals surface area contributed by atoms with Crippen LogP contribution in [0.4, 0.5) is 5.69 Å². The average Bonchev–Trinajstić information content (AvgIpc) is 2.91. The van der Waals surface area contributed by atoms with Gasteiger partial charge in [0.1, 0.15) is 18.3 Å². The van der Waals surface area contributed by atoms with Crippen LogP contribution in [-0.4, -0.2) is 50.4 Å². The van der Waals surface area contributed by atoms with Gasteiger partial charge in [0.25, 0.3) is 10.0 Å². The van der Waals surface area contributed by atoms with Crippen molar-refractivity contribution in [3.63, 3.8) is 0 Å². The molecule has 0 aliphatic heterocycles. The first-order chi connectivity index (χ1) is 18.9. The number of amides is 2. The molecule has 214 valence electrons. The van der Waals surface area contributed by atoms with Crippen LogP contribution in [0.5, 0.6) is 5.75 Å². The first-order valence-electron chi connectivity index (χ1n) is 13.1. The van der Waals surface area contributed by atoms with E-state index in [1.807, 2.05) is 45.0 Å². The predicted molar refractivity (Wildman–Crippen MR) is 158 cm³/mol. The first-order valence-corrected chi connectivity index (χ1v) is 14.9. The van der Waals surface area contributed by atoms with Gasteiger partial charge in [-0.3, -0.25) is 13.9 Å². The van der Waals surface area contributed by atoms with E-state index in [4.69, 9.17) is 16.3 Å². The molecule has 40 heavy (non-hydrogen) atoms. The Morgan fingerprint density at radius 1 is 0.950 bits per heavy atom. The number of halogens is 1. The Bertz CT molecular complexity index is 1430. The maximum Gasteiger partial charge on any atom is 0.264 e. The van der Waals surface area contributed by atoms with Gasteiger partial charge >= 0.3 is 0 Å². The van der Waals surface area contributed by atoms with Gasteiger partial charge in [0.05, 0.1) is 17.2 Å². The number of anilines is 1. The number of aryl methyl sites for hydroxylation is 1. The Hall–Kier alpha value is -3.56. The molecule has 10 heteroatoms. The number of nitrogens with one attached hydrogen (secondary N) is 1. The van der Waals surface area contributed by atoms with Gasteiger partial charge in [-0.2, -0.15) is 0 Å². The second-order valence-electron chi connectivity index (χ2n) is 9.65. The number of hydrogen-bond acceptors (Lipinski definition) is 5. The molecule has 1 atom stereocenters. The van der Waals surface area contributed by atoms with Crippen molar-refractivity contribution in [2.24, 2.45) is 0 Å². The van der Waals surface area contributed by atoms with E-state index in [1.165, 1.54) is 29.2 Å². The highest BCUT2D eigenvalue weighted by Gasteiger charge is 2.34. The zero-order chi connectivity index (χ0) is 29.4. The van der Waals surface area contributed by atoms with Gasteiger partial charge in [0.15, 0.2) is 0 Å². The molecular formula is C30H36ClN3O5S. The minimum atomic E-state index is -4.24. The van der Waals surface area contributed by atoms with Crippen molar-refractivity contribution in [3.05, 3.63) is 88.9 Å². The molecule has 2 amide bonds. The smallest absolute Gasteiger partial charge is 0.264 e. The van der Waals surface area contributed by atoms with E-state index in [0.717, 1.165) is 15.4 Å². The number of nitrogens with zero attached hydrogens (tertiary/aromatic N) is 2. The van der Waals surface area contributed by atoms with Crippen LogP contribution in [0.3, 0.4) is 0 Å². The van der Waals surface area contributed by atoms with Crippen molar-refractivity contribution in [3.8, 4) is 5.75 Å². The number of rotatable bonds is 12. The largest absolute Gasteiger partial charge is 0.492 e. The third-order valence-corrected chi connectivity index (χ3v) is 8.34. The predicted octanol–water partition coefficient (Wildman–Crippen LogP) is 5.18. The normalized spacial score (nSPS) is 12.1. The summed E-state index contributed by atoms with van der Waals surface area (Å²) in [5.41, 5.74) is 2.01. The van der Waals surface area contributed by atoms with Crippen molar-refractivity contribution in [1.82, 2.24) is 10.2 Å². The van der Waals surface area contributed by atoms with Gasteiger partial charge in [-0.25, -0.2) is 8.42 Å². The van der Waals surface area contributed by atoms with Crippen LogP contribution in [0.1, 0.15) is 38.8 Å². The monoisotopic (exact) mass is 585 g/mol. The molecule has 8 nitrogen and oxygen atoms in total. The van der Waals surface area contributed by atoms with Crippen LogP contribution < -0.4 is 14.4 Å². The van der Waals surface area contributed by atoms with E-state index in [0.29, 0.717) is 17.4 Å². The van der Waals surface area contributed by atoms with Gasteiger partial charge in [-0.15, -0.1) is 0 Å². The molecule has 3 aromatic carbocycles. The molecule has 0 aliphatic carbocycles. The van der Waals surface area contributed by atoms with Gasteiger partial charge in [0.2, 0.25) is 11.8 Å². The summed E-state index contributed by atoms with van der Waals surface area (Å²) in [4.78, 5) is 28.5. The molecule has 1 N–H and O–H groups in total. The molecule has 0 heterocycles. The number of sulfonamides is 1. The lowest BCUT2D eigenvalue weighted by Crippen LogP contribution is -2.52. The molecule has 0 bridgehead atoms. The van der Waals surface area contributed by atoms with E-state index in [9.17, 15) is 18.0 Å². The minimum absolute atomic E-state index is 0.0351. The van der Waals surface area contributed by atoms with Crippen molar-refractivity contribution >= 4 is 39.1 Å². The second kappa shape index (κ2) is 13.7. The zero-order valence-corrected chi connectivity index (χ0v) is 25.0. The van der Waals surface area contributed by atoms with Crippen LogP contribution in [0, 0.1) is 6.92 Å². The van der Waals surface area contributed by atoms with Crippen LogP contribution in [-0.2, 0) is 26.2 Å². The van der Waals surface area contributed by atoms with E-state index >= 15 is 0 Å². The lowest BCUT2D eigenvalue weighted by molar-refractivity contribution is -0.139. The Morgan fingerprint density at radius 2 is 1.57 bits per heavy atom. The number of para-hydroxylation sites is 2. The van der Waals surface area contributed by atoms with Gasteiger partial charge in [-0.05, 0) is 82.1 Å². The van der Waals surface area contributed by atoms with E-state index in [-0.39, 0.29) is 29.1 Å². The summed E-state index contributed by atoms with van der Waals surface area (Å²) in [7, 11) is -4.24.